The molecule has 0 aliphatic carbocycles. The highest BCUT2D eigenvalue weighted by Gasteiger charge is 2.32. The molecule has 6 nitrogen and oxygen atoms in total. The van der Waals surface area contributed by atoms with Crippen LogP contribution in [0.25, 0.3) is 0 Å². The van der Waals surface area contributed by atoms with Crippen molar-refractivity contribution in [2.45, 2.75) is 12.9 Å². The van der Waals surface area contributed by atoms with Gasteiger partial charge in [0.1, 0.15) is 18.0 Å². The highest BCUT2D eigenvalue weighted by Crippen LogP contribution is 2.29. The van der Waals surface area contributed by atoms with E-state index in [-0.39, 0.29) is 12.1 Å². The van der Waals surface area contributed by atoms with E-state index in [4.69, 9.17) is 12.2 Å². The molecule has 2 aromatic rings. The molecule has 10 heteroatoms. The zero-order valence-corrected chi connectivity index (χ0v) is 13.3. The standard InChI is InChI=1S/C15H11F3N2O4S/c16-15(17,18)24-11-6-7-13(21)12(8-11)14(25)19(20(22)23)9-10-4-2-1-3-5-10/h1-8,21H,9H2. The van der Waals surface area contributed by atoms with Gasteiger partial charge in [0.05, 0.1) is 5.56 Å². The first kappa shape index (κ1) is 18.5. The Balaban J connectivity index is 2.32. The second kappa shape index (κ2) is 7.34. The minimum Gasteiger partial charge on any atom is -0.507 e. The molecule has 25 heavy (non-hydrogen) atoms. The smallest absolute Gasteiger partial charge is 0.507 e. The van der Waals surface area contributed by atoms with Gasteiger partial charge in [-0.3, -0.25) is 0 Å². The monoisotopic (exact) mass is 372 g/mol. The molecule has 0 saturated heterocycles. The normalized spacial score (nSPS) is 11.0. The summed E-state index contributed by atoms with van der Waals surface area (Å²) < 4.78 is 40.7. The summed E-state index contributed by atoms with van der Waals surface area (Å²) in [6, 6.07) is 10.9. The molecule has 0 unspecified atom stereocenters. The van der Waals surface area contributed by atoms with Gasteiger partial charge in [0, 0.05) is 0 Å². The highest BCUT2D eigenvalue weighted by molar-refractivity contribution is 7.80. The first-order valence-corrected chi connectivity index (χ1v) is 7.17. The van der Waals surface area contributed by atoms with Crippen LogP contribution in [-0.2, 0) is 6.54 Å². The van der Waals surface area contributed by atoms with Gasteiger partial charge in [0.15, 0.2) is 10.0 Å². The molecule has 2 aromatic carbocycles. The van der Waals surface area contributed by atoms with Crippen LogP contribution >= 0.6 is 12.2 Å². The molecule has 132 valence electrons. The third-order valence-electron chi connectivity index (χ3n) is 3.04. The Morgan fingerprint density at radius 3 is 2.44 bits per heavy atom. The minimum absolute atomic E-state index is 0.226. The lowest BCUT2D eigenvalue weighted by molar-refractivity contribution is -0.631. The maximum absolute atomic E-state index is 12.3. The second-order valence-electron chi connectivity index (χ2n) is 4.81. The summed E-state index contributed by atoms with van der Waals surface area (Å²) in [4.78, 5) is 10.8. The van der Waals surface area contributed by atoms with Crippen LogP contribution in [0.4, 0.5) is 13.2 Å². The van der Waals surface area contributed by atoms with Crippen molar-refractivity contribution in [3.05, 3.63) is 69.8 Å². The number of hydrogen-bond donors (Lipinski definition) is 1. The Kier molecular flexibility index (Phi) is 5.42. The molecule has 0 spiro atoms. The summed E-state index contributed by atoms with van der Waals surface area (Å²) in [5.74, 6) is -1.15. The summed E-state index contributed by atoms with van der Waals surface area (Å²) >= 11 is 4.99. The lowest BCUT2D eigenvalue weighted by atomic mass is 10.1. The summed E-state index contributed by atoms with van der Waals surface area (Å²) in [6.07, 6.45) is -4.94. The molecule has 0 amide bonds. The highest BCUT2D eigenvalue weighted by atomic mass is 32.1. The molecule has 2 rings (SSSR count). The van der Waals surface area contributed by atoms with Crippen molar-refractivity contribution >= 4 is 17.2 Å². The Morgan fingerprint density at radius 1 is 1.24 bits per heavy atom. The maximum Gasteiger partial charge on any atom is 0.573 e. The zero-order valence-electron chi connectivity index (χ0n) is 12.4. The lowest BCUT2D eigenvalue weighted by Gasteiger charge is -2.17. The Hall–Kier alpha value is -2.88. The van der Waals surface area contributed by atoms with Crippen LogP contribution in [0.2, 0.25) is 0 Å². The van der Waals surface area contributed by atoms with Crippen LogP contribution in [-0.4, -0.2) is 26.5 Å². The summed E-state index contributed by atoms with van der Waals surface area (Å²) in [5, 5.41) is 20.9. The first-order chi connectivity index (χ1) is 11.7. The number of ether oxygens (including phenoxy) is 1. The molecule has 1 N–H and O–H groups in total. The molecule has 0 saturated carbocycles. The predicted molar refractivity (Wildman–Crippen MR) is 85.5 cm³/mol. The molecular formula is C15H11F3N2O4S. The van der Waals surface area contributed by atoms with E-state index < -0.39 is 27.9 Å². The van der Waals surface area contributed by atoms with Crippen LogP contribution in [0.5, 0.6) is 11.5 Å². The van der Waals surface area contributed by atoms with E-state index in [1.54, 1.807) is 30.3 Å². The summed E-state index contributed by atoms with van der Waals surface area (Å²) in [7, 11) is 0. The van der Waals surface area contributed by atoms with Gasteiger partial charge in [-0.1, -0.05) is 47.6 Å². The van der Waals surface area contributed by atoms with Gasteiger partial charge in [-0.05, 0) is 23.8 Å². The number of phenols is 1. The fraction of sp³-hybridized carbons (Fsp3) is 0.133. The number of phenolic OH excluding ortho intramolecular Hbond substituents is 1. The summed E-state index contributed by atoms with van der Waals surface area (Å²) in [6.45, 7) is -0.226. The van der Waals surface area contributed by atoms with Gasteiger partial charge in [0.2, 0.25) is 0 Å². The molecular weight excluding hydrogens is 361 g/mol. The number of alkyl halides is 3. The third kappa shape index (κ3) is 5.05. The number of nitro groups is 1. The fourth-order valence-corrected chi connectivity index (χ4v) is 2.28. The Bertz CT molecular complexity index is 784. The summed E-state index contributed by atoms with van der Waals surface area (Å²) in [5.41, 5.74) is 0.244. The quantitative estimate of drug-likeness (QED) is 0.490. The van der Waals surface area contributed by atoms with Gasteiger partial charge >= 0.3 is 6.36 Å². The van der Waals surface area contributed by atoms with Gasteiger partial charge in [-0.25, -0.2) is 10.1 Å². The van der Waals surface area contributed by atoms with Crippen molar-refractivity contribution in [3.63, 3.8) is 0 Å². The van der Waals surface area contributed by atoms with Crippen LogP contribution in [0.3, 0.4) is 0 Å². The lowest BCUT2D eigenvalue weighted by Crippen LogP contribution is -2.35. The van der Waals surface area contributed by atoms with Crippen molar-refractivity contribution in [3.8, 4) is 11.5 Å². The topological polar surface area (TPSA) is 75.8 Å². The molecule has 0 aromatic heterocycles. The van der Waals surface area contributed by atoms with Gasteiger partial charge in [-0.2, -0.15) is 0 Å². The van der Waals surface area contributed by atoms with Crippen molar-refractivity contribution in [2.24, 2.45) is 0 Å². The number of benzene rings is 2. The zero-order chi connectivity index (χ0) is 18.6. The third-order valence-corrected chi connectivity index (χ3v) is 3.47. The maximum atomic E-state index is 12.3. The van der Waals surface area contributed by atoms with Gasteiger partial charge in [-0.15, -0.1) is 13.2 Å². The van der Waals surface area contributed by atoms with Crippen LogP contribution in [0.1, 0.15) is 11.1 Å². The van der Waals surface area contributed by atoms with E-state index >= 15 is 0 Å². The molecule has 0 aliphatic rings. The predicted octanol–water partition coefficient (Wildman–Crippen LogP) is 3.66. The number of halogens is 3. The SMILES string of the molecule is O=[N+]([O-])N(Cc1ccccc1)C(=S)c1cc(OC(F)(F)F)ccc1O. The van der Waals surface area contributed by atoms with E-state index in [0.29, 0.717) is 10.6 Å². The van der Waals surface area contributed by atoms with Crippen molar-refractivity contribution in [2.75, 3.05) is 0 Å². The van der Waals surface area contributed by atoms with Gasteiger partial charge in [0.25, 0.3) is 0 Å². The van der Waals surface area contributed by atoms with E-state index in [9.17, 15) is 28.4 Å². The van der Waals surface area contributed by atoms with Crippen molar-refractivity contribution in [1.82, 2.24) is 5.01 Å². The number of aromatic hydroxyl groups is 1. The first-order valence-electron chi connectivity index (χ1n) is 6.76. The molecule has 0 radical (unpaired) electrons. The van der Waals surface area contributed by atoms with Crippen molar-refractivity contribution in [1.29, 1.82) is 0 Å². The second-order valence-corrected chi connectivity index (χ2v) is 5.20. The van der Waals surface area contributed by atoms with E-state index in [2.05, 4.69) is 4.74 Å². The van der Waals surface area contributed by atoms with Crippen molar-refractivity contribution < 1.29 is 28.0 Å². The van der Waals surface area contributed by atoms with Gasteiger partial charge < -0.3 is 9.84 Å². The molecule has 0 fully saturated rings. The van der Waals surface area contributed by atoms with Crippen LogP contribution < -0.4 is 4.74 Å². The van der Waals surface area contributed by atoms with Crippen LogP contribution in [0, 0.1) is 10.1 Å². The average Bonchev–Trinajstić information content (AvgIpc) is 2.53. The molecule has 0 atom stereocenters. The number of nitrogens with zero attached hydrogens (tertiary/aromatic N) is 2. The molecule has 0 heterocycles. The minimum atomic E-state index is -4.94. The number of thiocarbonyl (C=S) groups is 1. The fourth-order valence-electron chi connectivity index (χ4n) is 1.98. The average molecular weight is 372 g/mol. The number of hydrazine groups is 1. The number of rotatable bonds is 5. The van der Waals surface area contributed by atoms with Crippen LogP contribution in [0.15, 0.2) is 48.5 Å². The Labute approximate surface area is 145 Å². The largest absolute Gasteiger partial charge is 0.573 e. The van der Waals surface area contributed by atoms with E-state index in [1.807, 2.05) is 0 Å². The Morgan fingerprint density at radius 2 is 1.88 bits per heavy atom. The van der Waals surface area contributed by atoms with E-state index in [0.717, 1.165) is 18.2 Å². The molecule has 0 bridgehead atoms. The number of hydrogen-bond acceptors (Lipinski definition) is 5. The van der Waals surface area contributed by atoms with E-state index in [1.165, 1.54) is 0 Å². The molecule has 0 aliphatic heterocycles.